The molecule has 2 atom stereocenters. The molecule has 36 heavy (non-hydrogen) atoms. The van der Waals surface area contributed by atoms with Crippen LogP contribution in [0.5, 0.6) is 17.2 Å². The Morgan fingerprint density at radius 3 is 2.69 bits per heavy atom. The maximum Gasteiger partial charge on any atom is 0.295 e. The van der Waals surface area contributed by atoms with Gasteiger partial charge in [0.2, 0.25) is 0 Å². The SMILES string of the molecule is COc1ccc(OC)c(C2C(=C(O)c3ccc4c(c3)CC(C)O4)C(=O)C(=O)N2Cc2cccnc2)c1. The highest BCUT2D eigenvalue weighted by molar-refractivity contribution is 6.46. The van der Waals surface area contributed by atoms with Crippen LogP contribution in [-0.4, -0.2) is 47.0 Å². The lowest BCUT2D eigenvalue weighted by atomic mass is 9.93. The minimum atomic E-state index is -0.904. The summed E-state index contributed by atoms with van der Waals surface area (Å²) >= 11 is 0. The number of carbonyl (C=O) groups is 2. The number of aliphatic hydroxyl groups excluding tert-OH is 1. The highest BCUT2D eigenvalue weighted by Crippen LogP contribution is 2.45. The third-order valence-electron chi connectivity index (χ3n) is 6.52. The lowest BCUT2D eigenvalue weighted by Gasteiger charge is -2.27. The largest absolute Gasteiger partial charge is 0.507 e. The predicted octanol–water partition coefficient (Wildman–Crippen LogP) is 4.04. The fraction of sp³-hybridized carbons (Fsp3) is 0.250. The number of fused-ring (bicyclic) bond motifs is 1. The average Bonchev–Trinajstić information content (AvgIpc) is 3.39. The molecule has 1 fully saturated rings. The summed E-state index contributed by atoms with van der Waals surface area (Å²) in [7, 11) is 3.05. The van der Waals surface area contributed by atoms with Crippen molar-refractivity contribution >= 4 is 17.4 Å². The number of aliphatic hydroxyl groups is 1. The van der Waals surface area contributed by atoms with Gasteiger partial charge in [-0.3, -0.25) is 14.6 Å². The Bertz CT molecular complexity index is 1370. The number of rotatable bonds is 6. The number of amides is 1. The number of hydrogen-bond acceptors (Lipinski definition) is 7. The molecular weight excluding hydrogens is 460 g/mol. The number of pyridine rings is 1. The highest BCUT2D eigenvalue weighted by atomic mass is 16.5. The van der Waals surface area contributed by atoms with Crippen LogP contribution in [0.1, 0.15) is 35.2 Å². The van der Waals surface area contributed by atoms with Crippen LogP contribution in [0.2, 0.25) is 0 Å². The quantitative estimate of drug-likeness (QED) is 0.319. The fourth-order valence-electron chi connectivity index (χ4n) is 4.83. The number of ether oxygens (including phenoxy) is 3. The molecule has 0 spiro atoms. The molecule has 184 valence electrons. The summed E-state index contributed by atoms with van der Waals surface area (Å²) in [6, 6.07) is 13.1. The zero-order chi connectivity index (χ0) is 25.4. The summed E-state index contributed by atoms with van der Waals surface area (Å²) < 4.78 is 16.8. The minimum absolute atomic E-state index is 0.0117. The lowest BCUT2D eigenvalue weighted by Crippen LogP contribution is -2.29. The van der Waals surface area contributed by atoms with Gasteiger partial charge in [0.15, 0.2) is 0 Å². The summed E-state index contributed by atoms with van der Waals surface area (Å²) in [5.41, 5.74) is 2.64. The molecule has 2 aromatic carbocycles. The predicted molar refractivity (Wildman–Crippen MR) is 132 cm³/mol. The van der Waals surface area contributed by atoms with E-state index in [9.17, 15) is 14.7 Å². The van der Waals surface area contributed by atoms with Crippen LogP contribution >= 0.6 is 0 Å². The van der Waals surface area contributed by atoms with Crippen LogP contribution in [0.25, 0.3) is 5.76 Å². The zero-order valence-electron chi connectivity index (χ0n) is 20.2. The van der Waals surface area contributed by atoms with Gasteiger partial charge in [-0.05, 0) is 60.5 Å². The van der Waals surface area contributed by atoms with Gasteiger partial charge in [-0.25, -0.2) is 0 Å². The Hall–Kier alpha value is -4.33. The first-order chi connectivity index (χ1) is 17.4. The van der Waals surface area contributed by atoms with Crippen LogP contribution in [0.3, 0.4) is 0 Å². The van der Waals surface area contributed by atoms with Crippen molar-refractivity contribution in [2.45, 2.75) is 32.0 Å². The molecule has 0 saturated carbocycles. The van der Waals surface area contributed by atoms with E-state index in [1.807, 2.05) is 19.1 Å². The molecule has 1 aromatic heterocycles. The van der Waals surface area contributed by atoms with Crippen molar-refractivity contribution < 1.29 is 28.9 Å². The molecule has 3 heterocycles. The van der Waals surface area contributed by atoms with Crippen molar-refractivity contribution in [2.24, 2.45) is 0 Å². The van der Waals surface area contributed by atoms with Crippen molar-refractivity contribution in [1.29, 1.82) is 0 Å². The maximum absolute atomic E-state index is 13.4. The van der Waals surface area contributed by atoms with E-state index in [1.165, 1.54) is 19.1 Å². The molecule has 2 aliphatic rings. The van der Waals surface area contributed by atoms with Crippen molar-refractivity contribution in [3.63, 3.8) is 0 Å². The maximum atomic E-state index is 13.4. The number of methoxy groups -OCH3 is 2. The van der Waals surface area contributed by atoms with Crippen LogP contribution < -0.4 is 14.2 Å². The van der Waals surface area contributed by atoms with Gasteiger partial charge < -0.3 is 24.2 Å². The molecule has 0 aliphatic carbocycles. The third kappa shape index (κ3) is 4.04. The second kappa shape index (κ2) is 9.37. The van der Waals surface area contributed by atoms with Gasteiger partial charge >= 0.3 is 0 Å². The first kappa shape index (κ1) is 23.4. The van der Waals surface area contributed by atoms with Gasteiger partial charge in [-0.2, -0.15) is 0 Å². The van der Waals surface area contributed by atoms with E-state index in [4.69, 9.17) is 14.2 Å². The van der Waals surface area contributed by atoms with Crippen molar-refractivity contribution in [3.05, 3.63) is 88.8 Å². The number of likely N-dealkylation sites (tertiary alicyclic amines) is 1. The number of hydrogen-bond donors (Lipinski definition) is 1. The van der Waals surface area contributed by atoms with E-state index in [2.05, 4.69) is 4.98 Å². The van der Waals surface area contributed by atoms with Crippen molar-refractivity contribution in [3.8, 4) is 17.2 Å². The normalized spacial score (nSPS) is 20.2. The molecule has 0 bridgehead atoms. The van der Waals surface area contributed by atoms with E-state index >= 15 is 0 Å². The molecule has 5 rings (SSSR count). The Labute approximate surface area is 208 Å². The van der Waals surface area contributed by atoms with E-state index < -0.39 is 17.7 Å². The molecule has 2 unspecified atom stereocenters. The van der Waals surface area contributed by atoms with E-state index in [0.717, 1.165) is 16.9 Å². The Balaban J connectivity index is 1.69. The number of benzene rings is 2. The molecular formula is C28H26N2O6. The van der Waals surface area contributed by atoms with Gasteiger partial charge in [-0.1, -0.05) is 6.07 Å². The highest BCUT2D eigenvalue weighted by Gasteiger charge is 2.47. The van der Waals surface area contributed by atoms with Crippen LogP contribution in [0.15, 0.2) is 66.5 Å². The number of ketones is 1. The molecule has 2 aliphatic heterocycles. The van der Waals surface area contributed by atoms with Crippen molar-refractivity contribution in [2.75, 3.05) is 14.2 Å². The van der Waals surface area contributed by atoms with Crippen LogP contribution in [-0.2, 0) is 22.6 Å². The summed E-state index contributed by atoms with van der Waals surface area (Å²) in [6.45, 7) is 2.09. The van der Waals surface area contributed by atoms with Gasteiger partial charge in [0.05, 0.1) is 25.8 Å². The van der Waals surface area contributed by atoms with E-state index in [1.54, 1.807) is 48.8 Å². The molecule has 8 heteroatoms. The minimum Gasteiger partial charge on any atom is -0.507 e. The topological polar surface area (TPSA) is 98.2 Å². The summed E-state index contributed by atoms with van der Waals surface area (Å²) in [6.07, 6.45) is 4.00. The molecule has 0 radical (unpaired) electrons. The molecule has 3 aromatic rings. The molecule has 1 saturated heterocycles. The Morgan fingerprint density at radius 2 is 1.97 bits per heavy atom. The number of Topliss-reactive ketones (excluding diaryl/α,β-unsaturated/α-hetero) is 1. The summed E-state index contributed by atoms with van der Waals surface area (Å²) in [5.74, 6) is 0.00789. The first-order valence-corrected chi connectivity index (χ1v) is 11.6. The van der Waals surface area contributed by atoms with E-state index in [-0.39, 0.29) is 24.0 Å². The van der Waals surface area contributed by atoms with Gasteiger partial charge in [0.1, 0.15) is 29.1 Å². The van der Waals surface area contributed by atoms with Gasteiger partial charge in [-0.15, -0.1) is 0 Å². The van der Waals surface area contributed by atoms with Gasteiger partial charge in [0, 0.05) is 36.5 Å². The molecule has 1 amide bonds. The number of nitrogens with zero attached hydrogens (tertiary/aromatic N) is 2. The van der Waals surface area contributed by atoms with Crippen LogP contribution in [0, 0.1) is 0 Å². The van der Waals surface area contributed by atoms with Gasteiger partial charge in [0.25, 0.3) is 11.7 Å². The fourth-order valence-corrected chi connectivity index (χ4v) is 4.83. The van der Waals surface area contributed by atoms with E-state index in [0.29, 0.717) is 29.0 Å². The average molecular weight is 487 g/mol. The Kier molecular flexibility index (Phi) is 6.10. The Morgan fingerprint density at radius 1 is 1.14 bits per heavy atom. The molecule has 8 nitrogen and oxygen atoms in total. The third-order valence-corrected chi connectivity index (χ3v) is 6.52. The first-order valence-electron chi connectivity index (χ1n) is 11.6. The smallest absolute Gasteiger partial charge is 0.295 e. The standard InChI is InChI=1S/C28H26N2O6/c1-16-11-19-12-18(6-8-22(19)36-16)26(31)24-25(21-13-20(34-2)7-9-23(21)35-3)30(28(33)27(24)32)15-17-5-4-10-29-14-17/h4-10,12-14,16,25,31H,11,15H2,1-3H3. The van der Waals surface area contributed by atoms with Crippen LogP contribution in [0.4, 0.5) is 0 Å². The number of aromatic nitrogens is 1. The monoisotopic (exact) mass is 486 g/mol. The summed E-state index contributed by atoms with van der Waals surface area (Å²) in [4.78, 5) is 32.3. The second-order valence-electron chi connectivity index (χ2n) is 8.85. The summed E-state index contributed by atoms with van der Waals surface area (Å²) in [5, 5.41) is 11.5. The lowest BCUT2D eigenvalue weighted by molar-refractivity contribution is -0.140. The zero-order valence-corrected chi connectivity index (χ0v) is 20.2. The number of carbonyl (C=O) groups excluding carboxylic acids is 2. The second-order valence-corrected chi connectivity index (χ2v) is 8.85. The van der Waals surface area contributed by atoms with Crippen molar-refractivity contribution in [1.82, 2.24) is 9.88 Å². The molecule has 1 N–H and O–H groups in total.